The summed E-state index contributed by atoms with van der Waals surface area (Å²) in [5, 5.41) is 20.0. The van der Waals surface area contributed by atoms with Crippen LogP contribution in [0.4, 0.5) is 0 Å². The fourth-order valence-electron chi connectivity index (χ4n) is 12.6. The van der Waals surface area contributed by atoms with E-state index in [2.05, 4.69) is 78.5 Å². The van der Waals surface area contributed by atoms with Gasteiger partial charge in [-0.25, -0.2) is 0 Å². The minimum absolute atomic E-state index is 0.0425. The second-order valence-electron chi connectivity index (χ2n) is 22.2. The van der Waals surface area contributed by atoms with Crippen LogP contribution in [0.2, 0.25) is 0 Å². The number of phosphoric acid groups is 1. The van der Waals surface area contributed by atoms with E-state index in [1.807, 2.05) is 25.6 Å². The number of carbonyl (C=O) groups excluding carboxylic acids is 3. The van der Waals surface area contributed by atoms with Gasteiger partial charge in [0.05, 0.1) is 36.8 Å². The van der Waals surface area contributed by atoms with Crippen LogP contribution in [0.15, 0.2) is 10.2 Å². The molecular weight excluding hydrogens is 1030 g/mol. The van der Waals surface area contributed by atoms with Gasteiger partial charge in [0.25, 0.3) is 7.82 Å². The number of fused-ring (bicyclic) bond motifs is 4. The molecule has 1 saturated heterocycles. The molecule has 0 bridgehead atoms. The number of nitrogens with zero attached hydrogens (tertiary/aromatic N) is 9. The number of aromatic nitrogens is 3. The fraction of sp³-hybridized carbons (Fsp3) is 0.842. The van der Waals surface area contributed by atoms with E-state index in [0.29, 0.717) is 43.7 Å². The Hall–Kier alpha value is -4.68. The Balaban J connectivity index is 0.000000230. The van der Waals surface area contributed by atoms with E-state index < -0.39 is 7.82 Å². The van der Waals surface area contributed by atoms with Crippen LogP contribution < -0.4 is 21.3 Å². The third-order valence-corrected chi connectivity index (χ3v) is 18.2. The molecule has 7 aliphatic rings. The number of carbonyl (C=O) groups is 3. The second-order valence-corrected chi connectivity index (χ2v) is 23.6. The highest BCUT2D eigenvalue weighted by molar-refractivity contribution is 7.45. The zero-order valence-corrected chi connectivity index (χ0v) is 49.6. The molecule has 7 unspecified atom stereocenters. The maximum absolute atomic E-state index is 12.0. The largest absolute Gasteiger partial charge is 0.756 e. The molecule has 1 aromatic rings. The normalized spacial score (nSPS) is 28.7. The first-order valence-corrected chi connectivity index (χ1v) is 30.9. The summed E-state index contributed by atoms with van der Waals surface area (Å²) in [6.45, 7) is 11.3. The molecule has 15 atom stereocenters. The zero-order valence-electron chi connectivity index (χ0n) is 48.7. The number of aryl methyl sites for hydroxylation is 2. The van der Waals surface area contributed by atoms with Crippen LogP contribution in [0.5, 0.6) is 0 Å². The minimum atomic E-state index is -4.30. The Morgan fingerprint density at radius 2 is 1.41 bits per heavy atom. The van der Waals surface area contributed by atoms with Gasteiger partial charge in [-0.1, -0.05) is 56.0 Å². The van der Waals surface area contributed by atoms with Crippen molar-refractivity contribution < 1.29 is 42.4 Å². The first kappa shape index (κ1) is 66.8. The molecule has 3 saturated carbocycles. The van der Waals surface area contributed by atoms with Gasteiger partial charge in [0.1, 0.15) is 12.6 Å². The fourth-order valence-corrected chi connectivity index (χ4v) is 13.4. The van der Waals surface area contributed by atoms with Crippen LogP contribution in [0.3, 0.4) is 0 Å². The Bertz CT molecular complexity index is 2290. The molecule has 0 spiro atoms. The molecule has 4 fully saturated rings. The Morgan fingerprint density at radius 1 is 0.861 bits per heavy atom. The number of nitrogens with two attached hydrogens (primary N) is 1. The average molecular weight is 1120 g/mol. The number of nitrogens with one attached hydrogen (secondary N) is 2. The summed E-state index contributed by atoms with van der Waals surface area (Å²) in [7, 11) is 0.708. The highest BCUT2D eigenvalue weighted by Gasteiger charge is 2.49. The van der Waals surface area contributed by atoms with Crippen molar-refractivity contribution in [1.82, 2.24) is 25.6 Å². The number of unbranched alkanes of at least 4 members (excludes halogenated alkanes) is 2. The van der Waals surface area contributed by atoms with Crippen molar-refractivity contribution in [1.29, 1.82) is 0 Å². The number of ether oxygens (including phenoxy) is 2. The molecule has 0 aromatic carbocycles. The van der Waals surface area contributed by atoms with Crippen molar-refractivity contribution in [2.45, 2.75) is 188 Å². The van der Waals surface area contributed by atoms with E-state index in [0.717, 1.165) is 113 Å². The van der Waals surface area contributed by atoms with E-state index in [-0.39, 0.29) is 67.6 Å². The summed E-state index contributed by atoms with van der Waals surface area (Å²) in [5.41, 5.74) is 23.3. The SMILES string of the molecule is CCC(CC(C)C(=O)NCCCCCNC(=O)CN=[N+]=[N-])C(N)=O.CCC1[C@H]2CCC#CCC[C@@H]12.CCC1[C@H]2CCc3nnn(C)c3CC[C@@H]12.CN=[N+]=[N-].COC1C[C@H](C)O[C@@H]1COP(=O)([O-])OCCC1[C@H]2CCC#CCC[C@@H]12. The van der Waals surface area contributed by atoms with Crippen molar-refractivity contribution in [3.05, 3.63) is 32.3 Å². The highest BCUT2D eigenvalue weighted by atomic mass is 31.2. The molecule has 1 aliphatic heterocycles. The quantitative estimate of drug-likeness (QED) is 0.0231. The number of phosphoric ester groups is 1. The maximum Gasteiger partial charge on any atom is 0.267 e. The van der Waals surface area contributed by atoms with Gasteiger partial charge < -0.3 is 39.8 Å². The second kappa shape index (κ2) is 35.9. The number of amides is 3. The lowest BCUT2D eigenvalue weighted by Crippen LogP contribution is -2.33. The van der Waals surface area contributed by atoms with Gasteiger partial charge in [0, 0.05) is 88.1 Å². The van der Waals surface area contributed by atoms with E-state index in [9.17, 15) is 23.8 Å². The van der Waals surface area contributed by atoms with E-state index >= 15 is 0 Å². The smallest absolute Gasteiger partial charge is 0.267 e. The van der Waals surface area contributed by atoms with Crippen molar-refractivity contribution in [3.63, 3.8) is 0 Å². The lowest BCUT2D eigenvalue weighted by molar-refractivity contribution is -0.228. The molecule has 0 radical (unpaired) electrons. The molecule has 4 N–H and O–H groups in total. The molecule has 6 aliphatic carbocycles. The lowest BCUT2D eigenvalue weighted by atomic mass is 9.92. The van der Waals surface area contributed by atoms with Crippen LogP contribution >= 0.6 is 7.82 Å². The zero-order chi connectivity index (χ0) is 57.7. The number of hydrogen-bond acceptors (Lipinski definition) is 13. The van der Waals surface area contributed by atoms with Crippen molar-refractivity contribution in [2.75, 3.05) is 47.0 Å². The summed E-state index contributed by atoms with van der Waals surface area (Å²) in [6.07, 6.45) is 21.7. The Morgan fingerprint density at radius 3 is 1.92 bits per heavy atom. The Kier molecular flexibility index (Phi) is 30.4. The van der Waals surface area contributed by atoms with Crippen LogP contribution in [0, 0.1) is 88.8 Å². The summed E-state index contributed by atoms with van der Waals surface area (Å²) in [4.78, 5) is 51.1. The molecule has 21 nitrogen and oxygen atoms in total. The van der Waals surface area contributed by atoms with Gasteiger partial charge >= 0.3 is 0 Å². The Labute approximate surface area is 470 Å². The van der Waals surface area contributed by atoms with E-state index in [1.165, 1.54) is 63.4 Å². The average Bonchev–Trinajstić information content (AvgIpc) is 4.44. The maximum atomic E-state index is 12.0. The first-order valence-electron chi connectivity index (χ1n) is 29.4. The number of rotatable bonds is 23. The van der Waals surface area contributed by atoms with E-state index in [1.54, 1.807) is 14.0 Å². The number of methoxy groups -OCH3 is 1. The topological polar surface area (TPSA) is 307 Å². The molecule has 442 valence electrons. The molecule has 8 rings (SSSR count). The third kappa shape index (κ3) is 23.4. The summed E-state index contributed by atoms with van der Waals surface area (Å²) in [6, 6.07) is 0. The molecular formula is C57H94N12O9P-. The number of hydrogen-bond donors (Lipinski definition) is 3. The van der Waals surface area contributed by atoms with Gasteiger partial charge in [-0.05, 0) is 161 Å². The molecule has 79 heavy (non-hydrogen) atoms. The van der Waals surface area contributed by atoms with E-state index in [4.69, 9.17) is 35.3 Å². The van der Waals surface area contributed by atoms with Crippen LogP contribution in [0.1, 0.15) is 168 Å². The number of azide groups is 2. The molecule has 22 heteroatoms. The monoisotopic (exact) mass is 1120 g/mol. The standard InChI is InChI=1S/C18H29O6P.C15H28N6O3.C12H19N3.C11H16.CH3N3/c1-13-11-17(21-2)18(24-13)12-23-25(19,20)22-10-9-16-14-7-5-3-4-6-8-15(14)16;1-3-12(14(16)23)9-11(2)15(24)19-8-6-4-5-7-18-13(22)10-20-21-17;1-3-8-9-4-6-11-12(7-5-10(8)9)15(2)14-13-11;1-2-9-10-7-5-3-4-6-8-11(9)10;1-3-4-2/h13-18H,5-12H2,1-2H3,(H,19,20);11-12H,3-10H2,1-2H3,(H2,16,23)(H,18,22)(H,19,24);8-10H,3-7H2,1-2H3;9-11H,2,5-8H2,1H3;1H3/p-1/t13-,14-,15+,16?,17?,18+;;8?,9-,10+;9?,10-,11+;/m0.1../s1. The van der Waals surface area contributed by atoms with Gasteiger partial charge in [-0.3, -0.25) is 23.6 Å². The predicted molar refractivity (Wildman–Crippen MR) is 302 cm³/mol. The van der Waals surface area contributed by atoms with Gasteiger partial charge in [0.2, 0.25) is 17.7 Å². The number of primary amides is 1. The van der Waals surface area contributed by atoms with Crippen molar-refractivity contribution >= 4 is 25.5 Å². The van der Waals surface area contributed by atoms with Gasteiger partial charge in [0.15, 0.2) is 0 Å². The molecule has 1 aromatic heterocycles. The van der Waals surface area contributed by atoms with Crippen LogP contribution in [0.25, 0.3) is 20.9 Å². The molecule has 2 heterocycles. The summed E-state index contributed by atoms with van der Waals surface area (Å²) >= 11 is 0. The first-order chi connectivity index (χ1) is 38.1. The van der Waals surface area contributed by atoms with Crippen LogP contribution in [-0.4, -0.2) is 98.0 Å². The van der Waals surface area contributed by atoms with Crippen LogP contribution in [-0.2, 0) is 57.4 Å². The predicted octanol–water partition coefficient (Wildman–Crippen LogP) is 9.48. The van der Waals surface area contributed by atoms with Gasteiger partial charge in [-0.2, -0.15) is 0 Å². The third-order valence-electron chi connectivity index (χ3n) is 17.2. The highest BCUT2D eigenvalue weighted by Crippen LogP contribution is 2.56. The molecule has 3 amide bonds. The summed E-state index contributed by atoms with van der Waals surface area (Å²) < 4.78 is 34.9. The van der Waals surface area contributed by atoms with Crippen molar-refractivity contribution in [3.8, 4) is 23.7 Å². The van der Waals surface area contributed by atoms with Crippen molar-refractivity contribution in [2.24, 2.45) is 88.1 Å². The van der Waals surface area contributed by atoms with Gasteiger partial charge in [-0.15, -0.1) is 28.8 Å². The lowest BCUT2D eigenvalue weighted by Gasteiger charge is -2.25. The summed E-state index contributed by atoms with van der Waals surface area (Å²) in [5.74, 6) is 19.8. The minimum Gasteiger partial charge on any atom is -0.756 e.